The first-order chi connectivity index (χ1) is 9.63. The van der Waals surface area contributed by atoms with Crippen LogP contribution in [0.2, 0.25) is 0 Å². The van der Waals surface area contributed by atoms with E-state index in [0.29, 0.717) is 22.8 Å². The Balaban J connectivity index is 2.23. The van der Waals surface area contributed by atoms with Gasteiger partial charge in [0, 0.05) is 5.56 Å². The third-order valence-electron chi connectivity index (χ3n) is 2.93. The molecule has 0 spiro atoms. The van der Waals surface area contributed by atoms with Crippen molar-refractivity contribution in [3.63, 3.8) is 0 Å². The number of ether oxygens (including phenoxy) is 1. The minimum Gasteiger partial charge on any atom is -0.508 e. The molecule has 2 aromatic rings. The zero-order valence-electron chi connectivity index (χ0n) is 11.3. The predicted molar refractivity (Wildman–Crippen MR) is 75.6 cm³/mol. The SMILES string of the molecule is COc1ccc(O)c(C(C)Nc2cccc(C#N)n2)c1. The summed E-state index contributed by atoms with van der Waals surface area (Å²) in [4.78, 5) is 4.14. The van der Waals surface area contributed by atoms with Crippen LogP contribution >= 0.6 is 0 Å². The average Bonchev–Trinajstić information content (AvgIpc) is 2.47. The molecule has 0 saturated heterocycles. The Labute approximate surface area is 117 Å². The van der Waals surface area contributed by atoms with Gasteiger partial charge in [-0.3, -0.25) is 0 Å². The van der Waals surface area contributed by atoms with Crippen LogP contribution in [0.3, 0.4) is 0 Å². The van der Waals surface area contributed by atoms with Crippen molar-refractivity contribution in [2.75, 3.05) is 12.4 Å². The van der Waals surface area contributed by atoms with Crippen molar-refractivity contribution < 1.29 is 9.84 Å². The number of nitriles is 1. The molecular formula is C15H15N3O2. The Bertz CT molecular complexity index is 650. The predicted octanol–water partition coefficient (Wildman–Crippen LogP) is 2.84. The van der Waals surface area contributed by atoms with E-state index >= 15 is 0 Å². The smallest absolute Gasteiger partial charge is 0.142 e. The minimum atomic E-state index is -0.174. The van der Waals surface area contributed by atoms with Crippen LogP contribution < -0.4 is 10.1 Å². The van der Waals surface area contributed by atoms with Crippen molar-refractivity contribution in [3.05, 3.63) is 47.7 Å². The quantitative estimate of drug-likeness (QED) is 0.892. The van der Waals surface area contributed by atoms with Crippen LogP contribution in [0.15, 0.2) is 36.4 Å². The van der Waals surface area contributed by atoms with Gasteiger partial charge in [-0.15, -0.1) is 0 Å². The normalized spacial score (nSPS) is 11.4. The molecule has 1 heterocycles. The number of pyridine rings is 1. The number of benzene rings is 1. The summed E-state index contributed by atoms with van der Waals surface area (Å²) >= 11 is 0. The highest BCUT2D eigenvalue weighted by atomic mass is 16.5. The van der Waals surface area contributed by atoms with E-state index < -0.39 is 0 Å². The van der Waals surface area contributed by atoms with Crippen molar-refractivity contribution in [1.29, 1.82) is 5.26 Å². The number of nitrogens with one attached hydrogen (secondary N) is 1. The van der Waals surface area contributed by atoms with E-state index in [1.807, 2.05) is 13.0 Å². The summed E-state index contributed by atoms with van der Waals surface area (Å²) < 4.78 is 5.15. The molecule has 0 fully saturated rings. The Morgan fingerprint density at radius 3 is 2.85 bits per heavy atom. The minimum absolute atomic E-state index is 0.174. The molecule has 0 radical (unpaired) electrons. The number of aromatic hydroxyl groups is 1. The molecule has 2 N–H and O–H groups in total. The van der Waals surface area contributed by atoms with E-state index in [4.69, 9.17) is 10.00 Å². The van der Waals surface area contributed by atoms with Gasteiger partial charge in [-0.1, -0.05) is 6.07 Å². The van der Waals surface area contributed by atoms with E-state index in [1.165, 1.54) is 0 Å². The third-order valence-corrected chi connectivity index (χ3v) is 2.93. The first-order valence-electron chi connectivity index (χ1n) is 6.14. The average molecular weight is 269 g/mol. The number of aromatic nitrogens is 1. The fraction of sp³-hybridized carbons (Fsp3) is 0.200. The zero-order chi connectivity index (χ0) is 14.5. The molecule has 0 aliphatic rings. The molecule has 0 saturated carbocycles. The van der Waals surface area contributed by atoms with Gasteiger partial charge in [0.1, 0.15) is 29.1 Å². The molecule has 2 rings (SSSR count). The lowest BCUT2D eigenvalue weighted by molar-refractivity contribution is 0.410. The lowest BCUT2D eigenvalue weighted by Crippen LogP contribution is -2.08. The summed E-state index contributed by atoms with van der Waals surface area (Å²) in [6, 6.07) is 12.0. The van der Waals surface area contributed by atoms with Gasteiger partial charge < -0.3 is 15.2 Å². The van der Waals surface area contributed by atoms with Crippen LogP contribution in [0.4, 0.5) is 5.82 Å². The van der Waals surface area contributed by atoms with Crippen LogP contribution in [0.25, 0.3) is 0 Å². The van der Waals surface area contributed by atoms with Gasteiger partial charge in [-0.05, 0) is 37.3 Å². The molecule has 5 nitrogen and oxygen atoms in total. The Morgan fingerprint density at radius 2 is 2.15 bits per heavy atom. The number of methoxy groups -OCH3 is 1. The molecule has 5 heteroatoms. The fourth-order valence-corrected chi connectivity index (χ4v) is 1.88. The van der Waals surface area contributed by atoms with Gasteiger partial charge >= 0.3 is 0 Å². The summed E-state index contributed by atoms with van der Waals surface area (Å²) in [6.45, 7) is 1.90. The van der Waals surface area contributed by atoms with Gasteiger partial charge in [-0.25, -0.2) is 4.98 Å². The second-order valence-corrected chi connectivity index (χ2v) is 4.31. The van der Waals surface area contributed by atoms with E-state index in [-0.39, 0.29) is 11.8 Å². The van der Waals surface area contributed by atoms with E-state index in [9.17, 15) is 5.11 Å². The van der Waals surface area contributed by atoms with Crippen LogP contribution in [0, 0.1) is 11.3 Å². The highest BCUT2D eigenvalue weighted by molar-refractivity contribution is 5.46. The van der Waals surface area contributed by atoms with Crippen LogP contribution in [-0.2, 0) is 0 Å². The topological polar surface area (TPSA) is 78.2 Å². The molecule has 0 aliphatic heterocycles. The van der Waals surface area contributed by atoms with Gasteiger partial charge in [0.2, 0.25) is 0 Å². The summed E-state index contributed by atoms with van der Waals surface area (Å²) in [5.74, 6) is 1.44. The second-order valence-electron chi connectivity index (χ2n) is 4.31. The van der Waals surface area contributed by atoms with Gasteiger partial charge in [0.05, 0.1) is 13.2 Å². The summed E-state index contributed by atoms with van der Waals surface area (Å²) in [6.07, 6.45) is 0. The first kappa shape index (κ1) is 13.7. The monoisotopic (exact) mass is 269 g/mol. The number of anilines is 1. The molecular weight excluding hydrogens is 254 g/mol. The van der Waals surface area contributed by atoms with Crippen molar-refractivity contribution in [3.8, 4) is 17.6 Å². The summed E-state index contributed by atoms with van der Waals surface area (Å²) in [5, 5.41) is 21.9. The number of phenols is 1. The van der Waals surface area contributed by atoms with E-state index in [0.717, 1.165) is 0 Å². The highest BCUT2D eigenvalue weighted by Gasteiger charge is 2.12. The number of nitrogens with zero attached hydrogens (tertiary/aromatic N) is 2. The maximum absolute atomic E-state index is 9.91. The number of phenolic OH excluding ortho intramolecular Hbond substituents is 1. The van der Waals surface area contributed by atoms with Crippen LogP contribution in [0.1, 0.15) is 24.2 Å². The molecule has 1 aromatic carbocycles. The third kappa shape index (κ3) is 2.98. The van der Waals surface area contributed by atoms with Crippen molar-refractivity contribution in [2.45, 2.75) is 13.0 Å². The van der Waals surface area contributed by atoms with Crippen LogP contribution in [0.5, 0.6) is 11.5 Å². The van der Waals surface area contributed by atoms with Gasteiger partial charge in [-0.2, -0.15) is 5.26 Å². The zero-order valence-corrected chi connectivity index (χ0v) is 11.3. The summed E-state index contributed by atoms with van der Waals surface area (Å²) in [5.41, 5.74) is 1.05. The molecule has 0 bridgehead atoms. The van der Waals surface area contributed by atoms with Crippen molar-refractivity contribution in [1.82, 2.24) is 4.98 Å². The highest BCUT2D eigenvalue weighted by Crippen LogP contribution is 2.30. The van der Waals surface area contributed by atoms with Crippen LogP contribution in [-0.4, -0.2) is 17.2 Å². The lowest BCUT2D eigenvalue weighted by Gasteiger charge is -2.17. The molecule has 1 aromatic heterocycles. The van der Waals surface area contributed by atoms with Crippen molar-refractivity contribution >= 4 is 5.82 Å². The number of rotatable bonds is 4. The first-order valence-corrected chi connectivity index (χ1v) is 6.14. The molecule has 0 aliphatic carbocycles. The Morgan fingerprint density at radius 1 is 1.35 bits per heavy atom. The van der Waals surface area contributed by atoms with Gasteiger partial charge in [0.25, 0.3) is 0 Å². The maximum Gasteiger partial charge on any atom is 0.142 e. The molecule has 0 amide bonds. The van der Waals surface area contributed by atoms with Gasteiger partial charge in [0.15, 0.2) is 0 Å². The Kier molecular flexibility index (Phi) is 4.06. The molecule has 1 atom stereocenters. The molecule has 1 unspecified atom stereocenters. The number of hydrogen-bond acceptors (Lipinski definition) is 5. The molecule has 20 heavy (non-hydrogen) atoms. The van der Waals surface area contributed by atoms with E-state index in [1.54, 1.807) is 43.5 Å². The maximum atomic E-state index is 9.91. The summed E-state index contributed by atoms with van der Waals surface area (Å²) in [7, 11) is 1.58. The standard InChI is InChI=1S/C15H15N3O2/c1-10(13-8-12(20-2)6-7-14(13)19)17-15-5-3-4-11(9-16)18-15/h3-8,10,19H,1-2H3,(H,17,18). The largest absolute Gasteiger partial charge is 0.508 e. The second kappa shape index (κ2) is 5.93. The number of hydrogen-bond donors (Lipinski definition) is 2. The fourth-order valence-electron chi connectivity index (χ4n) is 1.88. The van der Waals surface area contributed by atoms with E-state index in [2.05, 4.69) is 10.3 Å². The lowest BCUT2D eigenvalue weighted by atomic mass is 10.1. The van der Waals surface area contributed by atoms with Crippen molar-refractivity contribution in [2.24, 2.45) is 0 Å². The molecule has 102 valence electrons. The Hall–Kier alpha value is -2.74.